The number of anilines is 1. The van der Waals surface area contributed by atoms with Gasteiger partial charge < -0.3 is 10.4 Å². The van der Waals surface area contributed by atoms with Crippen molar-refractivity contribution < 1.29 is 14.7 Å². The summed E-state index contributed by atoms with van der Waals surface area (Å²) in [5, 5.41) is 14.0. The summed E-state index contributed by atoms with van der Waals surface area (Å²) >= 11 is 1.37. The number of thiazole rings is 1. The number of carbonyl (C=O) groups is 2. The Hall–Kier alpha value is -1.47. The molecule has 0 fully saturated rings. The van der Waals surface area contributed by atoms with Gasteiger partial charge in [-0.2, -0.15) is 0 Å². The van der Waals surface area contributed by atoms with E-state index in [1.807, 2.05) is 17.2 Å². The van der Waals surface area contributed by atoms with Crippen LogP contribution in [0.4, 0.5) is 5.13 Å². The second-order valence-electron chi connectivity index (χ2n) is 4.39. The second kappa shape index (κ2) is 7.20. The molecule has 1 aromatic heterocycles. The third-order valence-corrected chi connectivity index (χ3v) is 3.43. The van der Waals surface area contributed by atoms with E-state index in [1.54, 1.807) is 6.92 Å². The predicted molar refractivity (Wildman–Crippen MR) is 74.2 cm³/mol. The summed E-state index contributed by atoms with van der Waals surface area (Å²) in [6.45, 7) is 6.94. The zero-order valence-corrected chi connectivity index (χ0v) is 12.2. The van der Waals surface area contributed by atoms with Crippen LogP contribution in [0.3, 0.4) is 0 Å². The van der Waals surface area contributed by atoms with Gasteiger partial charge in [0, 0.05) is 25.4 Å². The topological polar surface area (TPSA) is 82.5 Å². The second-order valence-corrected chi connectivity index (χ2v) is 5.25. The number of carboxylic acid groups (broad SMARTS) is 1. The first-order chi connectivity index (χ1) is 8.92. The van der Waals surface area contributed by atoms with E-state index in [9.17, 15) is 9.59 Å². The average Bonchev–Trinajstić information content (AvgIpc) is 2.74. The molecule has 2 N–H and O–H groups in total. The molecule has 0 spiro atoms. The molecule has 7 heteroatoms. The molecule has 0 aliphatic carbocycles. The number of carboxylic acids is 1. The normalized spacial score (nSPS) is 12.4. The van der Waals surface area contributed by atoms with Gasteiger partial charge in [0.2, 0.25) is 5.91 Å². The summed E-state index contributed by atoms with van der Waals surface area (Å²) in [4.78, 5) is 28.0. The molecule has 0 saturated carbocycles. The van der Waals surface area contributed by atoms with E-state index < -0.39 is 11.9 Å². The van der Waals surface area contributed by atoms with E-state index >= 15 is 0 Å². The monoisotopic (exact) mass is 285 g/mol. The molecule has 1 rings (SSSR count). The minimum atomic E-state index is -0.796. The van der Waals surface area contributed by atoms with Gasteiger partial charge in [0.05, 0.1) is 11.6 Å². The molecule has 0 aliphatic rings. The molecule has 106 valence electrons. The molecule has 1 heterocycles. The first-order valence-electron chi connectivity index (χ1n) is 6.09. The van der Waals surface area contributed by atoms with Gasteiger partial charge in [-0.3, -0.25) is 14.5 Å². The summed E-state index contributed by atoms with van der Waals surface area (Å²) in [5.41, 5.74) is 0.841. The zero-order chi connectivity index (χ0) is 14.4. The van der Waals surface area contributed by atoms with Gasteiger partial charge in [-0.1, -0.05) is 13.8 Å². The minimum Gasteiger partial charge on any atom is -0.481 e. The van der Waals surface area contributed by atoms with Crippen molar-refractivity contribution in [3.63, 3.8) is 0 Å². The van der Waals surface area contributed by atoms with Crippen molar-refractivity contribution in [2.75, 3.05) is 18.4 Å². The quantitative estimate of drug-likeness (QED) is 0.796. The molecule has 1 aromatic rings. The van der Waals surface area contributed by atoms with Crippen molar-refractivity contribution in [3.8, 4) is 0 Å². The van der Waals surface area contributed by atoms with Gasteiger partial charge in [-0.25, -0.2) is 4.98 Å². The molecule has 0 saturated heterocycles. The fourth-order valence-corrected chi connectivity index (χ4v) is 2.34. The SMILES string of the molecule is CCN(Cc1csc(NC(C)=O)n1)CC(C)C(=O)O. The van der Waals surface area contributed by atoms with E-state index in [1.165, 1.54) is 18.3 Å². The van der Waals surface area contributed by atoms with Crippen LogP contribution in [0.5, 0.6) is 0 Å². The van der Waals surface area contributed by atoms with Crippen molar-refractivity contribution in [2.24, 2.45) is 5.92 Å². The van der Waals surface area contributed by atoms with Crippen molar-refractivity contribution in [1.82, 2.24) is 9.88 Å². The lowest BCUT2D eigenvalue weighted by Crippen LogP contribution is -2.31. The highest BCUT2D eigenvalue weighted by molar-refractivity contribution is 7.13. The number of aromatic nitrogens is 1. The Bertz CT molecular complexity index is 447. The smallest absolute Gasteiger partial charge is 0.307 e. The van der Waals surface area contributed by atoms with Gasteiger partial charge in [0.15, 0.2) is 5.13 Å². The van der Waals surface area contributed by atoms with Crippen molar-refractivity contribution in [1.29, 1.82) is 0 Å². The van der Waals surface area contributed by atoms with Crippen LogP contribution in [0.1, 0.15) is 26.5 Å². The Kier molecular flexibility index (Phi) is 5.91. The highest BCUT2D eigenvalue weighted by Crippen LogP contribution is 2.17. The van der Waals surface area contributed by atoms with Crippen LogP contribution < -0.4 is 5.32 Å². The highest BCUT2D eigenvalue weighted by Gasteiger charge is 2.16. The first kappa shape index (κ1) is 15.6. The van der Waals surface area contributed by atoms with Crippen LogP contribution in [-0.4, -0.2) is 40.0 Å². The van der Waals surface area contributed by atoms with Crippen LogP contribution in [-0.2, 0) is 16.1 Å². The molecule has 0 aliphatic heterocycles. The summed E-state index contributed by atoms with van der Waals surface area (Å²) < 4.78 is 0. The lowest BCUT2D eigenvalue weighted by molar-refractivity contribution is -0.141. The summed E-state index contributed by atoms with van der Waals surface area (Å²) in [6, 6.07) is 0. The molecule has 0 bridgehead atoms. The Labute approximate surface area is 116 Å². The van der Waals surface area contributed by atoms with Crippen LogP contribution in [0.15, 0.2) is 5.38 Å². The number of nitrogens with one attached hydrogen (secondary N) is 1. The number of hydrogen-bond acceptors (Lipinski definition) is 5. The lowest BCUT2D eigenvalue weighted by Gasteiger charge is -2.21. The van der Waals surface area contributed by atoms with Crippen LogP contribution >= 0.6 is 11.3 Å². The van der Waals surface area contributed by atoms with Crippen LogP contribution in [0, 0.1) is 5.92 Å². The van der Waals surface area contributed by atoms with Crippen molar-refractivity contribution in [2.45, 2.75) is 27.3 Å². The molecular formula is C12H19N3O3S. The fraction of sp³-hybridized carbons (Fsp3) is 0.583. The summed E-state index contributed by atoms with van der Waals surface area (Å²) in [5.74, 6) is -1.35. The third-order valence-electron chi connectivity index (χ3n) is 2.62. The van der Waals surface area contributed by atoms with Gasteiger partial charge in [-0.05, 0) is 6.54 Å². The molecule has 0 aromatic carbocycles. The van der Waals surface area contributed by atoms with E-state index in [2.05, 4.69) is 10.3 Å². The number of hydrogen-bond donors (Lipinski definition) is 2. The summed E-state index contributed by atoms with van der Waals surface area (Å²) in [6.07, 6.45) is 0. The predicted octanol–water partition coefficient (Wildman–Crippen LogP) is 1.64. The Balaban J connectivity index is 2.58. The molecule has 1 amide bonds. The third kappa shape index (κ3) is 5.35. The molecule has 6 nitrogen and oxygen atoms in total. The van der Waals surface area contributed by atoms with Crippen molar-refractivity contribution >= 4 is 28.3 Å². The maximum absolute atomic E-state index is 10.9. The minimum absolute atomic E-state index is 0.146. The lowest BCUT2D eigenvalue weighted by atomic mass is 10.1. The first-order valence-corrected chi connectivity index (χ1v) is 6.97. The van der Waals surface area contributed by atoms with Gasteiger partial charge in [0.25, 0.3) is 0 Å². The molecular weight excluding hydrogens is 266 g/mol. The van der Waals surface area contributed by atoms with Gasteiger partial charge in [0.1, 0.15) is 0 Å². The highest BCUT2D eigenvalue weighted by atomic mass is 32.1. The maximum Gasteiger partial charge on any atom is 0.307 e. The molecule has 1 unspecified atom stereocenters. The number of rotatable bonds is 7. The Morgan fingerprint density at radius 1 is 1.58 bits per heavy atom. The number of nitrogens with zero attached hydrogens (tertiary/aromatic N) is 2. The number of carbonyl (C=O) groups excluding carboxylic acids is 1. The number of aliphatic carboxylic acids is 1. The molecule has 0 radical (unpaired) electrons. The fourth-order valence-electron chi connectivity index (χ4n) is 1.59. The van der Waals surface area contributed by atoms with Crippen LogP contribution in [0.2, 0.25) is 0 Å². The largest absolute Gasteiger partial charge is 0.481 e. The van der Waals surface area contributed by atoms with E-state index in [0.717, 1.165) is 12.2 Å². The maximum atomic E-state index is 10.9. The standard InChI is InChI=1S/C12H19N3O3S/c1-4-15(5-8(2)11(17)18)6-10-7-19-12(14-10)13-9(3)16/h7-8H,4-6H2,1-3H3,(H,17,18)(H,13,14,16). The Morgan fingerprint density at radius 2 is 2.26 bits per heavy atom. The molecule has 19 heavy (non-hydrogen) atoms. The Morgan fingerprint density at radius 3 is 2.79 bits per heavy atom. The number of amides is 1. The van der Waals surface area contributed by atoms with Crippen molar-refractivity contribution in [3.05, 3.63) is 11.1 Å². The van der Waals surface area contributed by atoms with E-state index in [0.29, 0.717) is 18.2 Å². The van der Waals surface area contributed by atoms with Crippen LogP contribution in [0.25, 0.3) is 0 Å². The average molecular weight is 285 g/mol. The zero-order valence-electron chi connectivity index (χ0n) is 11.3. The van der Waals surface area contributed by atoms with Gasteiger partial charge >= 0.3 is 5.97 Å². The molecule has 1 atom stereocenters. The van der Waals surface area contributed by atoms with Gasteiger partial charge in [-0.15, -0.1) is 11.3 Å². The summed E-state index contributed by atoms with van der Waals surface area (Å²) in [7, 11) is 0. The van der Waals surface area contributed by atoms with E-state index in [4.69, 9.17) is 5.11 Å². The van der Waals surface area contributed by atoms with E-state index in [-0.39, 0.29) is 5.91 Å².